The van der Waals surface area contributed by atoms with Crippen LogP contribution < -0.4 is 21.7 Å². The minimum absolute atomic E-state index is 0.241. The molecule has 1 fully saturated rings. The SMILES string of the molecule is CC(=O)N[C@@H]1[C@@H](O[C@H](C)C(=O)N[C@@H](C(=O)N[C@H](CCC(=O)O)C(N)=O)C(C)C)[C@H](O)[C@@H](CO)O[C@H]1O. The predicted molar refractivity (Wildman–Crippen MR) is 121 cm³/mol. The number of nitrogens with two attached hydrogens (primary N) is 1. The molecule has 0 aliphatic carbocycles. The summed E-state index contributed by atoms with van der Waals surface area (Å²) in [5, 5.41) is 46.1. The number of rotatable bonds is 13. The smallest absolute Gasteiger partial charge is 0.303 e. The molecule has 0 spiro atoms. The molecule has 1 aliphatic rings. The summed E-state index contributed by atoms with van der Waals surface area (Å²) in [6.45, 7) is 5.01. The highest BCUT2D eigenvalue weighted by Crippen LogP contribution is 2.24. The predicted octanol–water partition coefficient (Wildman–Crippen LogP) is -3.69. The first-order valence-electron chi connectivity index (χ1n) is 11.4. The molecule has 0 aromatic carbocycles. The molecule has 1 rings (SSSR count). The number of hydrogen-bond donors (Lipinski definition) is 8. The van der Waals surface area contributed by atoms with Crippen LogP contribution in [0.2, 0.25) is 0 Å². The molecular formula is C21H36N4O11. The van der Waals surface area contributed by atoms with Gasteiger partial charge in [0.15, 0.2) is 6.29 Å². The Hall–Kier alpha value is -2.85. The van der Waals surface area contributed by atoms with Gasteiger partial charge in [-0.05, 0) is 19.3 Å². The number of hydrogen-bond acceptors (Lipinski definition) is 10. The van der Waals surface area contributed by atoms with Crippen LogP contribution in [0.25, 0.3) is 0 Å². The molecule has 4 amide bonds. The lowest BCUT2D eigenvalue weighted by molar-refractivity contribution is -0.266. The Balaban J connectivity index is 2.96. The molecule has 0 radical (unpaired) electrons. The number of ether oxygens (including phenoxy) is 2. The summed E-state index contributed by atoms with van der Waals surface area (Å²) >= 11 is 0. The minimum Gasteiger partial charge on any atom is -0.481 e. The van der Waals surface area contributed by atoms with Crippen molar-refractivity contribution in [3.63, 3.8) is 0 Å². The van der Waals surface area contributed by atoms with Crippen LogP contribution in [0.1, 0.15) is 40.5 Å². The van der Waals surface area contributed by atoms with Gasteiger partial charge in [0, 0.05) is 13.3 Å². The summed E-state index contributed by atoms with van der Waals surface area (Å²) < 4.78 is 10.7. The lowest BCUT2D eigenvalue weighted by atomic mass is 9.96. The number of carboxylic acid groups (broad SMARTS) is 1. The maximum atomic E-state index is 12.8. The van der Waals surface area contributed by atoms with Gasteiger partial charge in [0.1, 0.15) is 42.5 Å². The van der Waals surface area contributed by atoms with E-state index in [2.05, 4.69) is 16.0 Å². The number of carbonyl (C=O) groups excluding carboxylic acids is 4. The Kier molecular flexibility index (Phi) is 12.2. The van der Waals surface area contributed by atoms with Crippen LogP contribution in [-0.2, 0) is 33.4 Å². The van der Waals surface area contributed by atoms with Gasteiger partial charge >= 0.3 is 5.97 Å². The molecule has 9 N–H and O–H groups in total. The average Bonchev–Trinajstić information content (AvgIpc) is 2.77. The van der Waals surface area contributed by atoms with E-state index in [1.165, 1.54) is 6.92 Å². The van der Waals surface area contributed by atoms with Crippen molar-refractivity contribution < 1.29 is 53.9 Å². The zero-order valence-electron chi connectivity index (χ0n) is 20.5. The summed E-state index contributed by atoms with van der Waals surface area (Å²) in [5.74, 6) is -4.76. The fraction of sp³-hybridized carbons (Fsp3) is 0.762. The molecule has 1 saturated heterocycles. The number of carboxylic acids is 1. The summed E-state index contributed by atoms with van der Waals surface area (Å²) in [7, 11) is 0. The second-order valence-electron chi connectivity index (χ2n) is 8.83. The van der Waals surface area contributed by atoms with Gasteiger partial charge in [0.05, 0.1) is 6.61 Å². The van der Waals surface area contributed by atoms with Gasteiger partial charge in [-0.2, -0.15) is 0 Å². The number of amides is 4. The molecule has 206 valence electrons. The molecule has 0 saturated carbocycles. The molecule has 1 heterocycles. The van der Waals surface area contributed by atoms with Crippen LogP contribution >= 0.6 is 0 Å². The quantitative estimate of drug-likeness (QED) is 0.117. The van der Waals surface area contributed by atoms with Crippen LogP contribution in [0, 0.1) is 5.92 Å². The second kappa shape index (κ2) is 14.0. The Morgan fingerprint density at radius 1 is 1.06 bits per heavy atom. The molecule has 0 bridgehead atoms. The topological polar surface area (TPSA) is 247 Å². The number of nitrogens with one attached hydrogen (secondary N) is 3. The first-order chi connectivity index (χ1) is 16.7. The van der Waals surface area contributed by atoms with Gasteiger partial charge in [-0.25, -0.2) is 0 Å². The van der Waals surface area contributed by atoms with Crippen molar-refractivity contribution in [1.29, 1.82) is 0 Å². The van der Waals surface area contributed by atoms with Crippen LogP contribution in [0.5, 0.6) is 0 Å². The van der Waals surface area contributed by atoms with Gasteiger partial charge < -0.3 is 51.6 Å². The molecule has 15 nitrogen and oxygen atoms in total. The standard InChI is InChI=1S/C21H36N4O11/c1-8(2)14(20(33)24-11(18(22)31)5-6-13(28)29)25-19(32)9(3)35-17-15(23-10(4)27)21(34)36-12(7-26)16(17)30/h8-9,11-12,14-17,21,26,30,34H,5-7H2,1-4H3,(H2,22,31)(H,23,27)(H,24,33)(H,25,32)(H,28,29)/t9-,11-,12-,14-,15-,16-,17-,21-/m1/s1. The van der Waals surface area contributed by atoms with E-state index >= 15 is 0 Å². The maximum Gasteiger partial charge on any atom is 0.303 e. The first-order valence-corrected chi connectivity index (χ1v) is 11.4. The van der Waals surface area contributed by atoms with Gasteiger partial charge in [0.2, 0.25) is 23.6 Å². The van der Waals surface area contributed by atoms with Crippen LogP contribution in [0.4, 0.5) is 0 Å². The number of aliphatic carboxylic acids is 1. The van der Waals surface area contributed by atoms with Crippen molar-refractivity contribution in [1.82, 2.24) is 16.0 Å². The molecule has 0 aromatic heterocycles. The molecule has 36 heavy (non-hydrogen) atoms. The minimum atomic E-state index is -1.65. The van der Waals surface area contributed by atoms with Crippen molar-refractivity contribution in [3.05, 3.63) is 0 Å². The third kappa shape index (κ3) is 8.98. The zero-order chi connectivity index (χ0) is 27.7. The fourth-order valence-electron chi connectivity index (χ4n) is 3.55. The van der Waals surface area contributed by atoms with Gasteiger partial charge in [-0.15, -0.1) is 0 Å². The average molecular weight is 521 g/mol. The molecule has 1 aliphatic heterocycles. The van der Waals surface area contributed by atoms with E-state index in [1.807, 2.05) is 0 Å². The highest BCUT2D eigenvalue weighted by atomic mass is 16.6. The highest BCUT2D eigenvalue weighted by Gasteiger charge is 2.47. The molecule has 0 unspecified atom stereocenters. The number of carbonyl (C=O) groups is 5. The van der Waals surface area contributed by atoms with Gasteiger partial charge in [-0.3, -0.25) is 24.0 Å². The van der Waals surface area contributed by atoms with Crippen molar-refractivity contribution in [2.24, 2.45) is 11.7 Å². The van der Waals surface area contributed by atoms with Crippen LogP contribution in [0.3, 0.4) is 0 Å². The van der Waals surface area contributed by atoms with Crippen LogP contribution in [-0.4, -0.2) is 105 Å². The second-order valence-corrected chi connectivity index (χ2v) is 8.83. The number of aliphatic hydroxyl groups is 3. The summed E-state index contributed by atoms with van der Waals surface area (Å²) in [5.41, 5.74) is 5.24. The molecule has 15 heteroatoms. The zero-order valence-corrected chi connectivity index (χ0v) is 20.5. The number of aliphatic hydroxyl groups excluding tert-OH is 3. The van der Waals surface area contributed by atoms with E-state index in [-0.39, 0.29) is 6.42 Å². The van der Waals surface area contributed by atoms with Gasteiger partial charge in [-0.1, -0.05) is 13.8 Å². The normalized spacial score (nSPS) is 26.4. The Labute approximate surface area is 207 Å². The van der Waals surface area contributed by atoms with E-state index in [0.717, 1.165) is 6.92 Å². The lowest BCUT2D eigenvalue weighted by Gasteiger charge is -2.43. The van der Waals surface area contributed by atoms with Crippen molar-refractivity contribution in [3.8, 4) is 0 Å². The lowest BCUT2D eigenvalue weighted by Crippen LogP contribution is -2.66. The van der Waals surface area contributed by atoms with Crippen LogP contribution in [0.15, 0.2) is 0 Å². The summed E-state index contributed by atoms with van der Waals surface area (Å²) in [4.78, 5) is 59.5. The van der Waals surface area contributed by atoms with E-state index in [9.17, 15) is 39.3 Å². The summed E-state index contributed by atoms with van der Waals surface area (Å²) in [6.07, 6.45) is -7.77. The maximum absolute atomic E-state index is 12.8. The fourth-order valence-corrected chi connectivity index (χ4v) is 3.55. The van der Waals surface area contributed by atoms with Crippen molar-refractivity contribution in [2.45, 2.75) is 89.4 Å². The summed E-state index contributed by atoms with van der Waals surface area (Å²) in [6, 6.07) is -3.71. The molecule has 8 atom stereocenters. The largest absolute Gasteiger partial charge is 0.481 e. The third-order valence-electron chi connectivity index (χ3n) is 5.53. The van der Waals surface area contributed by atoms with E-state index in [1.54, 1.807) is 13.8 Å². The molecular weight excluding hydrogens is 484 g/mol. The Bertz CT molecular complexity index is 809. The Morgan fingerprint density at radius 2 is 1.67 bits per heavy atom. The first kappa shape index (κ1) is 31.2. The highest BCUT2D eigenvalue weighted by molar-refractivity contribution is 5.92. The van der Waals surface area contributed by atoms with E-state index in [0.29, 0.717) is 0 Å². The van der Waals surface area contributed by atoms with Gasteiger partial charge in [0.25, 0.3) is 0 Å². The van der Waals surface area contributed by atoms with Crippen molar-refractivity contribution >= 4 is 29.6 Å². The Morgan fingerprint density at radius 3 is 2.14 bits per heavy atom. The third-order valence-corrected chi connectivity index (χ3v) is 5.53. The van der Waals surface area contributed by atoms with Crippen molar-refractivity contribution in [2.75, 3.05) is 6.61 Å². The monoisotopic (exact) mass is 520 g/mol. The number of primary amides is 1. The molecule has 0 aromatic rings. The van der Waals surface area contributed by atoms with E-state index < -0.39 is 97.4 Å². The van der Waals surface area contributed by atoms with E-state index in [4.69, 9.17) is 20.3 Å².